The Morgan fingerprint density at radius 1 is 0.960 bits per heavy atom. The summed E-state index contributed by atoms with van der Waals surface area (Å²) in [4.78, 5) is 0. The van der Waals surface area contributed by atoms with E-state index in [1.54, 1.807) is 14.2 Å². The molecule has 0 bridgehead atoms. The minimum Gasteiger partial charge on any atom is -0.497 e. The van der Waals surface area contributed by atoms with Gasteiger partial charge in [-0.15, -0.1) is 0 Å². The van der Waals surface area contributed by atoms with E-state index in [1.165, 1.54) is 21.9 Å². The van der Waals surface area contributed by atoms with Crippen LogP contribution in [0.1, 0.15) is 29.7 Å². The van der Waals surface area contributed by atoms with Gasteiger partial charge in [-0.25, -0.2) is 0 Å². The Morgan fingerprint density at radius 3 is 2.52 bits per heavy atom. The number of benzene rings is 3. The molecule has 1 unspecified atom stereocenters. The molecule has 3 aromatic carbocycles. The van der Waals surface area contributed by atoms with Crippen LogP contribution in [0.5, 0.6) is 11.5 Å². The summed E-state index contributed by atoms with van der Waals surface area (Å²) >= 11 is 0. The van der Waals surface area contributed by atoms with Crippen LogP contribution in [0.15, 0.2) is 54.6 Å². The lowest BCUT2D eigenvalue weighted by atomic mass is 9.99. The van der Waals surface area contributed by atoms with E-state index in [0.29, 0.717) is 0 Å². The molecule has 0 amide bonds. The van der Waals surface area contributed by atoms with Crippen molar-refractivity contribution in [2.24, 2.45) is 0 Å². The van der Waals surface area contributed by atoms with Crippen molar-refractivity contribution in [2.75, 3.05) is 14.2 Å². The summed E-state index contributed by atoms with van der Waals surface area (Å²) in [7, 11) is 3.41. The van der Waals surface area contributed by atoms with Crippen LogP contribution in [0, 0.1) is 6.92 Å². The summed E-state index contributed by atoms with van der Waals surface area (Å²) in [5.41, 5.74) is 3.71. The SMILES string of the molecule is COc1ccc2c(C(C)NCc3ccc(OC)c(C)c3)cccc2c1. The second kappa shape index (κ2) is 7.58. The second-order valence-electron chi connectivity index (χ2n) is 6.34. The van der Waals surface area contributed by atoms with Crippen LogP contribution < -0.4 is 14.8 Å². The summed E-state index contributed by atoms with van der Waals surface area (Å²) in [5, 5.41) is 6.09. The van der Waals surface area contributed by atoms with Crippen LogP contribution in [0.4, 0.5) is 0 Å². The molecular weight excluding hydrogens is 310 g/mol. The van der Waals surface area contributed by atoms with E-state index < -0.39 is 0 Å². The lowest BCUT2D eigenvalue weighted by molar-refractivity contribution is 0.411. The Bertz CT molecular complexity index is 873. The molecule has 0 aliphatic rings. The van der Waals surface area contributed by atoms with E-state index in [-0.39, 0.29) is 6.04 Å². The number of rotatable bonds is 6. The van der Waals surface area contributed by atoms with Crippen LogP contribution in [0.3, 0.4) is 0 Å². The minimum absolute atomic E-state index is 0.250. The lowest BCUT2D eigenvalue weighted by Crippen LogP contribution is -2.18. The van der Waals surface area contributed by atoms with Gasteiger partial charge in [0.05, 0.1) is 14.2 Å². The number of aryl methyl sites for hydroxylation is 1. The third-order valence-corrected chi connectivity index (χ3v) is 4.66. The highest BCUT2D eigenvalue weighted by atomic mass is 16.5. The van der Waals surface area contributed by atoms with Gasteiger partial charge in [-0.3, -0.25) is 0 Å². The average molecular weight is 335 g/mol. The average Bonchev–Trinajstić information content (AvgIpc) is 2.65. The van der Waals surface area contributed by atoms with Crippen molar-refractivity contribution in [1.29, 1.82) is 0 Å². The molecule has 25 heavy (non-hydrogen) atoms. The van der Waals surface area contributed by atoms with Crippen molar-refractivity contribution in [3.8, 4) is 11.5 Å². The fraction of sp³-hybridized carbons (Fsp3) is 0.273. The van der Waals surface area contributed by atoms with E-state index in [9.17, 15) is 0 Å². The van der Waals surface area contributed by atoms with Gasteiger partial charge in [0, 0.05) is 12.6 Å². The Balaban J connectivity index is 1.78. The first-order valence-corrected chi connectivity index (χ1v) is 8.56. The lowest BCUT2D eigenvalue weighted by Gasteiger charge is -2.17. The van der Waals surface area contributed by atoms with E-state index in [2.05, 4.69) is 61.6 Å². The molecule has 0 saturated heterocycles. The maximum absolute atomic E-state index is 5.33. The first kappa shape index (κ1) is 17.3. The highest BCUT2D eigenvalue weighted by molar-refractivity contribution is 5.87. The van der Waals surface area contributed by atoms with Gasteiger partial charge < -0.3 is 14.8 Å². The molecule has 0 aliphatic heterocycles. The van der Waals surface area contributed by atoms with Gasteiger partial charge in [-0.1, -0.05) is 36.4 Å². The van der Waals surface area contributed by atoms with Crippen molar-refractivity contribution >= 4 is 10.8 Å². The molecule has 3 rings (SSSR count). The van der Waals surface area contributed by atoms with Crippen molar-refractivity contribution in [3.63, 3.8) is 0 Å². The Labute approximate surface area is 149 Å². The predicted molar refractivity (Wildman–Crippen MR) is 103 cm³/mol. The van der Waals surface area contributed by atoms with Gasteiger partial charge in [0.25, 0.3) is 0 Å². The Kier molecular flexibility index (Phi) is 5.25. The van der Waals surface area contributed by atoms with Gasteiger partial charge in [0.2, 0.25) is 0 Å². The summed E-state index contributed by atoms with van der Waals surface area (Å²) in [6.45, 7) is 5.10. The zero-order chi connectivity index (χ0) is 17.8. The fourth-order valence-corrected chi connectivity index (χ4v) is 3.22. The first-order chi connectivity index (χ1) is 12.1. The highest BCUT2D eigenvalue weighted by Gasteiger charge is 2.10. The van der Waals surface area contributed by atoms with Crippen LogP contribution in [0.25, 0.3) is 10.8 Å². The monoisotopic (exact) mass is 335 g/mol. The van der Waals surface area contributed by atoms with Crippen molar-refractivity contribution in [1.82, 2.24) is 5.32 Å². The normalized spacial score (nSPS) is 12.2. The first-order valence-electron chi connectivity index (χ1n) is 8.56. The molecule has 0 spiro atoms. The molecule has 130 valence electrons. The second-order valence-corrected chi connectivity index (χ2v) is 6.34. The molecule has 0 aliphatic carbocycles. The van der Waals surface area contributed by atoms with Crippen molar-refractivity contribution in [3.05, 3.63) is 71.3 Å². The smallest absolute Gasteiger partial charge is 0.121 e. The molecular formula is C22H25NO2. The largest absolute Gasteiger partial charge is 0.497 e. The quantitative estimate of drug-likeness (QED) is 0.686. The molecule has 0 radical (unpaired) electrons. The number of methoxy groups -OCH3 is 2. The summed E-state index contributed by atoms with van der Waals surface area (Å²) < 4.78 is 10.7. The van der Waals surface area contributed by atoms with Crippen LogP contribution in [-0.2, 0) is 6.54 Å². The summed E-state index contributed by atoms with van der Waals surface area (Å²) in [6, 6.07) is 19.2. The maximum Gasteiger partial charge on any atom is 0.121 e. The van der Waals surface area contributed by atoms with E-state index in [4.69, 9.17) is 9.47 Å². The number of hydrogen-bond donors (Lipinski definition) is 1. The molecule has 1 atom stereocenters. The molecule has 3 heteroatoms. The van der Waals surface area contributed by atoms with Crippen LogP contribution in [-0.4, -0.2) is 14.2 Å². The maximum atomic E-state index is 5.33. The number of fused-ring (bicyclic) bond motifs is 1. The number of ether oxygens (including phenoxy) is 2. The zero-order valence-electron chi connectivity index (χ0n) is 15.3. The van der Waals surface area contributed by atoms with Crippen molar-refractivity contribution in [2.45, 2.75) is 26.4 Å². The third kappa shape index (κ3) is 3.77. The third-order valence-electron chi connectivity index (χ3n) is 4.66. The van der Waals surface area contributed by atoms with Crippen LogP contribution >= 0.6 is 0 Å². The molecule has 0 saturated carbocycles. The molecule has 0 fully saturated rings. The van der Waals surface area contributed by atoms with Gasteiger partial charge in [0.1, 0.15) is 11.5 Å². The number of nitrogens with one attached hydrogen (secondary N) is 1. The van der Waals surface area contributed by atoms with Gasteiger partial charge in [0.15, 0.2) is 0 Å². The zero-order valence-corrected chi connectivity index (χ0v) is 15.3. The Morgan fingerprint density at radius 2 is 1.80 bits per heavy atom. The summed E-state index contributed by atoms with van der Waals surface area (Å²) in [5.74, 6) is 1.82. The van der Waals surface area contributed by atoms with Gasteiger partial charge in [-0.2, -0.15) is 0 Å². The Hall–Kier alpha value is -2.52. The van der Waals surface area contributed by atoms with E-state index in [1.807, 2.05) is 12.1 Å². The van der Waals surface area contributed by atoms with Crippen molar-refractivity contribution < 1.29 is 9.47 Å². The van der Waals surface area contributed by atoms with Crippen LogP contribution in [0.2, 0.25) is 0 Å². The molecule has 0 aromatic heterocycles. The highest BCUT2D eigenvalue weighted by Crippen LogP contribution is 2.28. The van der Waals surface area contributed by atoms with E-state index in [0.717, 1.165) is 23.6 Å². The molecule has 3 aromatic rings. The van der Waals surface area contributed by atoms with Gasteiger partial charge in [-0.05, 0) is 59.5 Å². The topological polar surface area (TPSA) is 30.5 Å². The predicted octanol–water partition coefficient (Wildman–Crippen LogP) is 5.02. The van der Waals surface area contributed by atoms with Gasteiger partial charge >= 0.3 is 0 Å². The molecule has 3 nitrogen and oxygen atoms in total. The van der Waals surface area contributed by atoms with E-state index >= 15 is 0 Å². The molecule has 1 N–H and O–H groups in total. The summed E-state index contributed by atoms with van der Waals surface area (Å²) in [6.07, 6.45) is 0. The minimum atomic E-state index is 0.250. The fourth-order valence-electron chi connectivity index (χ4n) is 3.22. The number of hydrogen-bond acceptors (Lipinski definition) is 3. The standard InChI is InChI=1S/C22H25NO2/c1-15-12-17(8-11-22(15)25-4)14-23-16(2)20-7-5-6-18-13-19(24-3)9-10-21(18)20/h5-13,16,23H,14H2,1-4H3. The molecule has 0 heterocycles.